The molecule has 0 aliphatic rings. The highest BCUT2D eigenvalue weighted by molar-refractivity contribution is 6.17. The first-order valence-corrected chi connectivity index (χ1v) is 2.92. The molecule has 0 aromatic carbocycles. The molecule has 0 atom stereocenters. The van der Waals surface area contributed by atoms with Crippen molar-refractivity contribution in [1.29, 1.82) is 0 Å². The van der Waals surface area contributed by atoms with Gasteiger partial charge in [-0.25, -0.2) is 0 Å². The summed E-state index contributed by atoms with van der Waals surface area (Å²) in [5.74, 6) is 0.572. The molecule has 0 bridgehead atoms. The first kappa shape index (κ1) is 8.73. The number of hydrogen-bond donors (Lipinski definition) is 0. The average molecular weight is 163 g/mol. The molecule has 1 aromatic heterocycles. The number of nitrogens with zero attached hydrogens (tertiary/aromatic N) is 1. The summed E-state index contributed by atoms with van der Waals surface area (Å²) < 4.78 is 0. The zero-order valence-corrected chi connectivity index (χ0v) is 6.23. The second kappa shape index (κ2) is 4.59. The number of alkyl halides is 1. The van der Waals surface area contributed by atoms with Crippen LogP contribution in [0.25, 0.3) is 0 Å². The highest BCUT2D eigenvalue weighted by Crippen LogP contribution is 1.98. The predicted octanol–water partition coefficient (Wildman–Crippen LogP) is -1.18. The van der Waals surface area contributed by atoms with Gasteiger partial charge in [-0.15, -0.1) is 11.6 Å². The molecule has 0 amide bonds. The molecule has 1 aromatic rings. The minimum atomic E-state index is 0. The summed E-state index contributed by atoms with van der Waals surface area (Å²) in [6.07, 6.45) is 3.47. The maximum atomic E-state index is 5.50. The van der Waals surface area contributed by atoms with Gasteiger partial charge in [0.05, 0.1) is 0 Å². The summed E-state index contributed by atoms with van der Waals surface area (Å²) in [6.45, 7) is 0. The second-order valence-corrected chi connectivity index (χ2v) is 1.76. The Bertz CT molecular complexity index is 152. The van der Waals surface area contributed by atoms with E-state index < -0.39 is 0 Å². The maximum Gasteiger partial charge on any atom is 0.0475 e. The molecule has 0 saturated heterocycles. The Balaban J connectivity index is 0.000000640. The van der Waals surface area contributed by atoms with Crippen LogP contribution in [0.2, 0.25) is 0 Å². The Morgan fingerprint density at radius 2 is 1.89 bits per heavy atom. The van der Waals surface area contributed by atoms with Crippen LogP contribution in [-0.4, -0.2) is 4.98 Å². The number of rotatable bonds is 1. The Morgan fingerprint density at radius 3 is 2.22 bits per heavy atom. The van der Waals surface area contributed by atoms with Crippen LogP contribution in [0.3, 0.4) is 0 Å². The predicted molar refractivity (Wildman–Crippen MR) is 33.8 cm³/mol. The van der Waals surface area contributed by atoms with E-state index in [2.05, 4.69) is 4.98 Å². The SMILES string of the molecule is ClCc1ccncc1.[Cl-]. The molecule has 50 valence electrons. The van der Waals surface area contributed by atoms with E-state index in [-0.39, 0.29) is 12.4 Å². The van der Waals surface area contributed by atoms with Crippen molar-refractivity contribution < 1.29 is 12.4 Å². The van der Waals surface area contributed by atoms with Crippen molar-refractivity contribution in [2.24, 2.45) is 0 Å². The van der Waals surface area contributed by atoms with Crippen LogP contribution in [-0.2, 0) is 5.88 Å². The minimum Gasteiger partial charge on any atom is -1.00 e. The quantitative estimate of drug-likeness (QED) is 0.475. The van der Waals surface area contributed by atoms with Crippen molar-refractivity contribution in [1.82, 2.24) is 4.98 Å². The van der Waals surface area contributed by atoms with Crippen LogP contribution < -0.4 is 12.4 Å². The molecule has 0 fully saturated rings. The molecular formula is C6H6Cl2N-. The molecule has 0 aliphatic heterocycles. The van der Waals surface area contributed by atoms with E-state index in [1.54, 1.807) is 12.4 Å². The highest BCUT2D eigenvalue weighted by atomic mass is 35.5. The van der Waals surface area contributed by atoms with E-state index in [1.807, 2.05) is 12.1 Å². The van der Waals surface area contributed by atoms with Crippen LogP contribution in [0.4, 0.5) is 0 Å². The monoisotopic (exact) mass is 162 g/mol. The molecule has 1 nitrogen and oxygen atoms in total. The zero-order chi connectivity index (χ0) is 5.82. The molecule has 0 N–H and O–H groups in total. The largest absolute Gasteiger partial charge is 1.00 e. The Hall–Kier alpha value is -0.270. The summed E-state index contributed by atoms with van der Waals surface area (Å²) >= 11 is 5.50. The topological polar surface area (TPSA) is 12.9 Å². The standard InChI is InChI=1S/C6H6ClN.ClH/c7-5-6-1-3-8-4-2-6;/h1-4H,5H2;1H/p-1. The minimum absolute atomic E-state index is 0. The fourth-order valence-electron chi connectivity index (χ4n) is 0.472. The summed E-state index contributed by atoms with van der Waals surface area (Å²) in [7, 11) is 0. The maximum absolute atomic E-state index is 5.50. The van der Waals surface area contributed by atoms with Crippen molar-refractivity contribution in [2.45, 2.75) is 5.88 Å². The third kappa shape index (κ3) is 2.68. The molecule has 9 heavy (non-hydrogen) atoms. The van der Waals surface area contributed by atoms with E-state index in [9.17, 15) is 0 Å². The van der Waals surface area contributed by atoms with Gasteiger partial charge in [0, 0.05) is 18.3 Å². The van der Waals surface area contributed by atoms with E-state index in [0.717, 1.165) is 5.56 Å². The molecule has 0 unspecified atom stereocenters. The van der Waals surface area contributed by atoms with Gasteiger partial charge in [-0.1, -0.05) is 0 Å². The van der Waals surface area contributed by atoms with Gasteiger partial charge in [0.1, 0.15) is 0 Å². The Kier molecular flexibility index (Phi) is 4.46. The molecule has 1 heterocycles. The van der Waals surface area contributed by atoms with Crippen molar-refractivity contribution >= 4 is 11.6 Å². The summed E-state index contributed by atoms with van der Waals surface area (Å²) in [4.78, 5) is 3.83. The second-order valence-electron chi connectivity index (χ2n) is 1.49. The smallest absolute Gasteiger partial charge is 0.0475 e. The molecule has 0 radical (unpaired) electrons. The molecular weight excluding hydrogens is 157 g/mol. The van der Waals surface area contributed by atoms with Gasteiger partial charge < -0.3 is 12.4 Å². The lowest BCUT2D eigenvalue weighted by Gasteiger charge is -1.87. The molecule has 0 spiro atoms. The first-order valence-electron chi connectivity index (χ1n) is 2.38. The summed E-state index contributed by atoms with van der Waals surface area (Å²) in [6, 6.07) is 3.79. The Morgan fingerprint density at radius 1 is 1.33 bits per heavy atom. The van der Waals surface area contributed by atoms with Crippen LogP contribution in [0.5, 0.6) is 0 Å². The number of halogens is 2. The summed E-state index contributed by atoms with van der Waals surface area (Å²) in [5, 5.41) is 0. The van der Waals surface area contributed by atoms with E-state index in [0.29, 0.717) is 5.88 Å². The summed E-state index contributed by atoms with van der Waals surface area (Å²) in [5.41, 5.74) is 1.11. The van der Waals surface area contributed by atoms with E-state index in [1.165, 1.54) is 0 Å². The first-order chi connectivity index (χ1) is 3.93. The molecule has 0 aliphatic carbocycles. The fraction of sp³-hybridized carbons (Fsp3) is 0.167. The van der Waals surface area contributed by atoms with Gasteiger partial charge in [0.2, 0.25) is 0 Å². The average Bonchev–Trinajstić information content (AvgIpc) is 1.90. The van der Waals surface area contributed by atoms with Crippen LogP contribution in [0.1, 0.15) is 5.56 Å². The van der Waals surface area contributed by atoms with E-state index >= 15 is 0 Å². The third-order valence-corrected chi connectivity index (χ3v) is 1.21. The van der Waals surface area contributed by atoms with Crippen LogP contribution in [0.15, 0.2) is 24.5 Å². The fourth-order valence-corrected chi connectivity index (χ4v) is 0.650. The van der Waals surface area contributed by atoms with Crippen molar-refractivity contribution in [3.8, 4) is 0 Å². The van der Waals surface area contributed by atoms with Gasteiger partial charge in [-0.05, 0) is 17.7 Å². The normalized spacial score (nSPS) is 8.11. The number of aromatic nitrogens is 1. The van der Waals surface area contributed by atoms with E-state index in [4.69, 9.17) is 11.6 Å². The van der Waals surface area contributed by atoms with Crippen molar-refractivity contribution in [2.75, 3.05) is 0 Å². The van der Waals surface area contributed by atoms with Gasteiger partial charge in [0.25, 0.3) is 0 Å². The lowest BCUT2D eigenvalue weighted by atomic mass is 10.3. The van der Waals surface area contributed by atoms with Gasteiger partial charge in [-0.3, -0.25) is 4.98 Å². The van der Waals surface area contributed by atoms with Crippen molar-refractivity contribution in [3.63, 3.8) is 0 Å². The molecule has 1 rings (SSSR count). The van der Waals surface area contributed by atoms with Crippen molar-refractivity contribution in [3.05, 3.63) is 30.1 Å². The molecule has 3 heteroatoms. The van der Waals surface area contributed by atoms with Gasteiger partial charge >= 0.3 is 0 Å². The lowest BCUT2D eigenvalue weighted by molar-refractivity contribution is -0.00000165. The number of hydrogen-bond acceptors (Lipinski definition) is 1. The van der Waals surface area contributed by atoms with Gasteiger partial charge in [-0.2, -0.15) is 0 Å². The van der Waals surface area contributed by atoms with Crippen LogP contribution in [0, 0.1) is 0 Å². The Labute approximate surface area is 65.5 Å². The molecule has 0 saturated carbocycles. The highest BCUT2D eigenvalue weighted by Gasteiger charge is 1.82. The third-order valence-electron chi connectivity index (χ3n) is 0.904. The van der Waals surface area contributed by atoms with Crippen LogP contribution >= 0.6 is 11.6 Å². The lowest BCUT2D eigenvalue weighted by Crippen LogP contribution is -3.00. The number of pyridine rings is 1. The van der Waals surface area contributed by atoms with Gasteiger partial charge in [0.15, 0.2) is 0 Å². The zero-order valence-electron chi connectivity index (χ0n) is 4.72.